The summed E-state index contributed by atoms with van der Waals surface area (Å²) < 4.78 is 5.11. The Bertz CT molecular complexity index is 477. The van der Waals surface area contributed by atoms with Crippen LogP contribution in [0.5, 0.6) is 0 Å². The van der Waals surface area contributed by atoms with E-state index < -0.39 is 5.60 Å². The van der Waals surface area contributed by atoms with Crippen LogP contribution in [0, 0.1) is 17.8 Å². The number of carbonyl (C=O) groups is 2. The van der Waals surface area contributed by atoms with E-state index in [9.17, 15) is 14.7 Å². The van der Waals surface area contributed by atoms with Crippen LogP contribution in [0.4, 0.5) is 0 Å². The number of hydrogen-bond donors (Lipinski definition) is 1. The van der Waals surface area contributed by atoms with E-state index in [1.54, 1.807) is 6.92 Å². The van der Waals surface area contributed by atoms with E-state index in [1.165, 1.54) is 0 Å². The van der Waals surface area contributed by atoms with E-state index in [4.69, 9.17) is 14.3 Å². The van der Waals surface area contributed by atoms with Gasteiger partial charge in [-0.25, -0.2) is 0 Å². The number of hydrogen-bond acceptors (Lipinski definition) is 6. The zero-order chi connectivity index (χ0) is 16.8. The zero-order valence-corrected chi connectivity index (χ0v) is 12.9. The molecule has 1 fully saturated rings. The molecule has 0 heterocycles. The van der Waals surface area contributed by atoms with Gasteiger partial charge in [0, 0.05) is 18.8 Å². The van der Waals surface area contributed by atoms with Gasteiger partial charge >= 0.3 is 12.1 Å². The molecule has 0 aromatic carbocycles. The van der Waals surface area contributed by atoms with E-state index in [-0.39, 0.29) is 35.7 Å². The highest BCUT2D eigenvalue weighted by Crippen LogP contribution is 2.48. The quantitative estimate of drug-likeness (QED) is 0.620. The number of esters is 1. The standard InChI is InChI=1S/C15H22O4.CO2/c1-3-10(14(17)19-4-2)11-9-13(16)15(18)8-6-5-7-12(11)15;2-1-3/h5-6,10-12,18H,3-4,7-9H2,1-2H3;/t10-,11?,12+,15+;/m0./s1. The Labute approximate surface area is 129 Å². The average Bonchev–Trinajstić information content (AvgIpc) is 2.73. The van der Waals surface area contributed by atoms with Gasteiger partial charge in [-0.05, 0) is 25.7 Å². The van der Waals surface area contributed by atoms with Gasteiger partial charge in [-0.1, -0.05) is 19.1 Å². The summed E-state index contributed by atoms with van der Waals surface area (Å²) in [6.07, 6.45) is 6.10. The first-order valence-electron chi connectivity index (χ1n) is 7.52. The van der Waals surface area contributed by atoms with Crippen molar-refractivity contribution in [1.82, 2.24) is 0 Å². The van der Waals surface area contributed by atoms with Gasteiger partial charge in [0.2, 0.25) is 0 Å². The maximum Gasteiger partial charge on any atom is 0.373 e. The van der Waals surface area contributed by atoms with Gasteiger partial charge in [-0.3, -0.25) is 9.59 Å². The number of rotatable bonds is 4. The fourth-order valence-corrected chi connectivity index (χ4v) is 3.55. The second-order valence-electron chi connectivity index (χ2n) is 5.58. The van der Waals surface area contributed by atoms with Gasteiger partial charge in [-0.15, -0.1) is 0 Å². The highest BCUT2D eigenvalue weighted by Gasteiger charge is 2.56. The third kappa shape index (κ3) is 3.51. The maximum atomic E-state index is 12.1. The summed E-state index contributed by atoms with van der Waals surface area (Å²) in [5.74, 6) is -0.864. The molecule has 2 aliphatic carbocycles. The highest BCUT2D eigenvalue weighted by molar-refractivity contribution is 5.91. The van der Waals surface area contributed by atoms with Crippen LogP contribution in [0.25, 0.3) is 0 Å². The predicted molar refractivity (Wildman–Crippen MR) is 75.3 cm³/mol. The Hall–Kier alpha value is -1.78. The molecule has 1 unspecified atom stereocenters. The minimum Gasteiger partial charge on any atom is -0.466 e. The van der Waals surface area contributed by atoms with Crippen LogP contribution in [0.1, 0.15) is 39.5 Å². The summed E-state index contributed by atoms with van der Waals surface area (Å²) in [6, 6.07) is 0. The number of ketones is 1. The van der Waals surface area contributed by atoms with Gasteiger partial charge in [0.05, 0.1) is 12.5 Å². The largest absolute Gasteiger partial charge is 0.466 e. The monoisotopic (exact) mass is 310 g/mol. The van der Waals surface area contributed by atoms with Crippen molar-refractivity contribution >= 4 is 17.9 Å². The average molecular weight is 310 g/mol. The lowest BCUT2D eigenvalue weighted by molar-refractivity contribution is -0.191. The van der Waals surface area contributed by atoms with Gasteiger partial charge in [0.1, 0.15) is 5.60 Å². The number of allylic oxidation sites excluding steroid dienone is 1. The summed E-state index contributed by atoms with van der Waals surface area (Å²) >= 11 is 0. The van der Waals surface area contributed by atoms with Crippen LogP contribution in [0.15, 0.2) is 12.2 Å². The number of ether oxygens (including phenoxy) is 1. The smallest absolute Gasteiger partial charge is 0.373 e. The van der Waals surface area contributed by atoms with Crippen LogP contribution in [0.3, 0.4) is 0 Å². The van der Waals surface area contributed by atoms with Gasteiger partial charge < -0.3 is 9.84 Å². The summed E-state index contributed by atoms with van der Waals surface area (Å²) in [4.78, 5) is 40.4. The van der Waals surface area contributed by atoms with Crippen LogP contribution in [-0.2, 0) is 23.9 Å². The van der Waals surface area contributed by atoms with Crippen molar-refractivity contribution < 1.29 is 29.0 Å². The maximum absolute atomic E-state index is 12.1. The Morgan fingerprint density at radius 3 is 2.64 bits per heavy atom. The summed E-state index contributed by atoms with van der Waals surface area (Å²) in [7, 11) is 0. The Morgan fingerprint density at radius 1 is 1.45 bits per heavy atom. The molecule has 122 valence electrons. The molecule has 6 heteroatoms. The summed E-state index contributed by atoms with van der Waals surface area (Å²) in [5, 5.41) is 10.6. The molecule has 0 amide bonds. The lowest BCUT2D eigenvalue weighted by Crippen LogP contribution is -2.43. The zero-order valence-electron chi connectivity index (χ0n) is 12.9. The molecule has 0 aliphatic heterocycles. The van der Waals surface area contributed by atoms with Crippen molar-refractivity contribution in [2.45, 2.75) is 45.1 Å². The van der Waals surface area contributed by atoms with Crippen molar-refractivity contribution in [3.63, 3.8) is 0 Å². The molecule has 0 aromatic rings. The van der Waals surface area contributed by atoms with Crippen molar-refractivity contribution in [3.05, 3.63) is 12.2 Å². The van der Waals surface area contributed by atoms with Gasteiger partial charge in [0.15, 0.2) is 5.78 Å². The molecule has 0 spiro atoms. The van der Waals surface area contributed by atoms with E-state index in [1.807, 2.05) is 19.1 Å². The molecule has 2 aliphatic rings. The lowest BCUT2D eigenvalue weighted by Gasteiger charge is -2.34. The Kier molecular flexibility index (Phi) is 6.65. The van der Waals surface area contributed by atoms with Crippen LogP contribution < -0.4 is 0 Å². The lowest BCUT2D eigenvalue weighted by atomic mass is 9.73. The molecule has 0 radical (unpaired) electrons. The topological polar surface area (TPSA) is 97.7 Å². The fourth-order valence-electron chi connectivity index (χ4n) is 3.55. The Balaban J connectivity index is 0.000000745. The van der Waals surface area contributed by atoms with Gasteiger partial charge in [0.25, 0.3) is 0 Å². The van der Waals surface area contributed by atoms with Crippen molar-refractivity contribution in [2.24, 2.45) is 17.8 Å². The van der Waals surface area contributed by atoms with E-state index in [2.05, 4.69) is 0 Å². The molecule has 0 bridgehead atoms. The van der Waals surface area contributed by atoms with E-state index in [0.29, 0.717) is 32.3 Å². The molecular weight excluding hydrogens is 288 g/mol. The minimum atomic E-state index is -1.25. The third-order valence-corrected chi connectivity index (χ3v) is 4.57. The molecule has 22 heavy (non-hydrogen) atoms. The first-order valence-corrected chi connectivity index (χ1v) is 7.52. The van der Waals surface area contributed by atoms with Gasteiger partial charge in [-0.2, -0.15) is 9.59 Å². The molecule has 1 saturated carbocycles. The fraction of sp³-hybridized carbons (Fsp3) is 0.688. The van der Waals surface area contributed by atoms with Crippen LogP contribution in [0.2, 0.25) is 0 Å². The number of Topliss-reactive ketones (excluding diaryl/α,β-unsaturated/α-hetero) is 1. The molecule has 6 nitrogen and oxygen atoms in total. The highest BCUT2D eigenvalue weighted by atomic mass is 16.5. The molecule has 2 rings (SSSR count). The third-order valence-electron chi connectivity index (χ3n) is 4.57. The second kappa shape index (κ2) is 8.01. The first-order chi connectivity index (χ1) is 10.5. The SMILES string of the molecule is CCOC(=O)[C@@H](CC)C1CC(=O)[C@@]2(O)CC=CC[C@H]12.O=C=O. The van der Waals surface area contributed by atoms with Crippen LogP contribution >= 0.6 is 0 Å². The summed E-state index contributed by atoms with van der Waals surface area (Å²) in [5.41, 5.74) is -1.25. The number of carbonyl (C=O) groups excluding carboxylic acids is 4. The first kappa shape index (κ1) is 18.3. The molecule has 0 saturated heterocycles. The molecule has 4 atom stereocenters. The predicted octanol–water partition coefficient (Wildman–Crippen LogP) is 1.28. The number of fused-ring (bicyclic) bond motifs is 1. The van der Waals surface area contributed by atoms with Crippen molar-refractivity contribution in [3.8, 4) is 0 Å². The molecular formula is C16H22O6. The molecule has 0 aromatic heterocycles. The van der Waals surface area contributed by atoms with Crippen LogP contribution in [-0.4, -0.2) is 35.2 Å². The van der Waals surface area contributed by atoms with E-state index in [0.717, 1.165) is 0 Å². The van der Waals surface area contributed by atoms with Crippen molar-refractivity contribution in [1.29, 1.82) is 0 Å². The van der Waals surface area contributed by atoms with E-state index >= 15 is 0 Å². The second-order valence-corrected chi connectivity index (χ2v) is 5.58. The minimum absolute atomic E-state index is 0.0912. The number of aliphatic hydroxyl groups is 1. The molecule has 1 N–H and O–H groups in total. The summed E-state index contributed by atoms with van der Waals surface area (Å²) in [6.45, 7) is 4.07. The normalized spacial score (nSPS) is 30.6. The Morgan fingerprint density at radius 2 is 2.09 bits per heavy atom. The van der Waals surface area contributed by atoms with Crippen molar-refractivity contribution in [2.75, 3.05) is 6.61 Å².